The van der Waals surface area contributed by atoms with E-state index in [0.29, 0.717) is 28.6 Å². The fourth-order valence-corrected chi connectivity index (χ4v) is 1.97. The summed E-state index contributed by atoms with van der Waals surface area (Å²) >= 11 is 0. The third-order valence-electron chi connectivity index (χ3n) is 3.32. The molecule has 26 heavy (non-hydrogen) atoms. The van der Waals surface area contributed by atoms with Crippen LogP contribution in [0.1, 0.15) is 17.3 Å². The van der Waals surface area contributed by atoms with Crippen LogP contribution in [0.25, 0.3) is 11.1 Å². The number of rotatable bonds is 4. The summed E-state index contributed by atoms with van der Waals surface area (Å²) < 4.78 is 10.1. The SMILES string of the molecule is CCOC.CN=C(Nc1ccccc1)Nc1nc2cc(C=O)ccc2o1. The Morgan fingerprint density at radius 2 is 1.96 bits per heavy atom. The number of benzene rings is 2. The zero-order valence-corrected chi connectivity index (χ0v) is 15.0. The number of fused-ring (bicyclic) bond motifs is 1. The Kier molecular flexibility index (Phi) is 7.32. The van der Waals surface area contributed by atoms with Crippen LogP contribution in [0, 0.1) is 0 Å². The summed E-state index contributed by atoms with van der Waals surface area (Å²) in [6.45, 7) is 2.78. The predicted molar refractivity (Wildman–Crippen MR) is 104 cm³/mol. The summed E-state index contributed by atoms with van der Waals surface area (Å²) in [6.07, 6.45) is 0.775. The van der Waals surface area contributed by atoms with Crippen LogP contribution in [-0.4, -0.2) is 38.0 Å². The van der Waals surface area contributed by atoms with Gasteiger partial charge in [0.1, 0.15) is 11.8 Å². The van der Waals surface area contributed by atoms with Gasteiger partial charge in [0.2, 0.25) is 5.96 Å². The van der Waals surface area contributed by atoms with Crippen LogP contribution in [0.2, 0.25) is 0 Å². The quantitative estimate of drug-likeness (QED) is 0.421. The summed E-state index contributed by atoms with van der Waals surface area (Å²) in [5.74, 6) is 0.508. The van der Waals surface area contributed by atoms with Crippen molar-refractivity contribution in [3.8, 4) is 0 Å². The Balaban J connectivity index is 0.000000552. The maximum atomic E-state index is 10.8. The number of aliphatic imine (C=N–C) groups is 1. The van der Waals surface area contributed by atoms with Crippen molar-refractivity contribution in [3.05, 3.63) is 54.1 Å². The fourth-order valence-electron chi connectivity index (χ4n) is 1.97. The number of guanidine groups is 1. The van der Waals surface area contributed by atoms with Gasteiger partial charge < -0.3 is 14.5 Å². The van der Waals surface area contributed by atoms with Crippen LogP contribution in [0.15, 0.2) is 57.9 Å². The minimum atomic E-state index is 0.307. The highest BCUT2D eigenvalue weighted by Crippen LogP contribution is 2.19. The molecule has 0 aliphatic heterocycles. The van der Waals surface area contributed by atoms with E-state index in [4.69, 9.17) is 4.42 Å². The van der Waals surface area contributed by atoms with Gasteiger partial charge in [-0.25, -0.2) is 0 Å². The number of oxazole rings is 1. The first-order chi connectivity index (χ1) is 12.7. The number of carbonyl (C=O) groups is 1. The Morgan fingerprint density at radius 3 is 2.58 bits per heavy atom. The van der Waals surface area contributed by atoms with Crippen LogP contribution >= 0.6 is 0 Å². The second-order valence-corrected chi connectivity index (χ2v) is 5.13. The molecule has 0 bridgehead atoms. The van der Waals surface area contributed by atoms with Gasteiger partial charge in [-0.2, -0.15) is 4.98 Å². The summed E-state index contributed by atoms with van der Waals surface area (Å²) in [4.78, 5) is 19.2. The van der Waals surface area contributed by atoms with Gasteiger partial charge in [0, 0.05) is 32.0 Å². The number of carbonyl (C=O) groups excluding carboxylic acids is 1. The lowest BCUT2D eigenvalue weighted by molar-refractivity contribution is 0.112. The van der Waals surface area contributed by atoms with Crippen molar-refractivity contribution in [1.29, 1.82) is 0 Å². The second kappa shape index (κ2) is 9.95. The van der Waals surface area contributed by atoms with Gasteiger partial charge in [-0.05, 0) is 37.3 Å². The van der Waals surface area contributed by atoms with E-state index < -0.39 is 0 Å². The number of hydrogen-bond acceptors (Lipinski definition) is 5. The first-order valence-electron chi connectivity index (χ1n) is 8.10. The van der Waals surface area contributed by atoms with Crippen LogP contribution in [0.5, 0.6) is 0 Å². The average molecular weight is 354 g/mol. The summed E-state index contributed by atoms with van der Waals surface area (Å²) in [7, 11) is 3.34. The maximum Gasteiger partial charge on any atom is 0.302 e. The minimum Gasteiger partial charge on any atom is -0.423 e. The topological polar surface area (TPSA) is 88.8 Å². The molecule has 0 saturated carbocycles. The van der Waals surface area contributed by atoms with Crippen LogP contribution in [0.3, 0.4) is 0 Å². The van der Waals surface area contributed by atoms with Crippen molar-refractivity contribution in [2.75, 3.05) is 31.4 Å². The molecule has 0 aliphatic rings. The van der Waals surface area contributed by atoms with E-state index in [9.17, 15) is 4.79 Å². The van der Waals surface area contributed by atoms with Crippen molar-refractivity contribution < 1.29 is 13.9 Å². The number of aldehydes is 1. The van der Waals surface area contributed by atoms with Gasteiger partial charge in [0.25, 0.3) is 0 Å². The Bertz CT molecular complexity index is 858. The molecule has 3 rings (SSSR count). The molecule has 2 N–H and O–H groups in total. The molecule has 0 radical (unpaired) electrons. The Hall–Kier alpha value is -3.19. The molecule has 0 aliphatic carbocycles. The second-order valence-electron chi connectivity index (χ2n) is 5.13. The molecule has 7 heteroatoms. The molecule has 1 aromatic heterocycles. The standard InChI is InChI=1S/C16H14N4O2.C3H8O/c1-17-15(18-12-5-3-2-4-6-12)20-16-19-13-9-11(10-21)7-8-14(13)22-16;1-3-4-2/h2-10H,1H3,(H2,17,18,19,20);3H2,1-2H3. The number of aromatic nitrogens is 1. The molecule has 1 heterocycles. The normalized spacial score (nSPS) is 10.8. The third kappa shape index (κ3) is 5.42. The molecular formula is C19H22N4O3. The molecule has 2 aromatic carbocycles. The zero-order valence-electron chi connectivity index (χ0n) is 15.0. The number of hydrogen-bond donors (Lipinski definition) is 2. The van der Waals surface area contributed by atoms with Gasteiger partial charge in [-0.15, -0.1) is 0 Å². The predicted octanol–water partition coefficient (Wildman–Crippen LogP) is 3.80. The molecule has 0 saturated heterocycles. The first kappa shape index (κ1) is 19.1. The van der Waals surface area contributed by atoms with Gasteiger partial charge in [-0.1, -0.05) is 18.2 Å². The van der Waals surface area contributed by atoms with Crippen molar-refractivity contribution in [1.82, 2.24) is 4.98 Å². The van der Waals surface area contributed by atoms with E-state index in [2.05, 4.69) is 25.3 Å². The summed E-state index contributed by atoms with van der Waals surface area (Å²) in [5, 5.41) is 6.10. The largest absolute Gasteiger partial charge is 0.423 e. The van der Waals surface area contributed by atoms with Crippen molar-refractivity contribution in [3.63, 3.8) is 0 Å². The Morgan fingerprint density at radius 1 is 1.23 bits per heavy atom. The van der Waals surface area contributed by atoms with Gasteiger partial charge >= 0.3 is 6.01 Å². The van der Waals surface area contributed by atoms with E-state index in [1.165, 1.54) is 0 Å². The highest BCUT2D eigenvalue weighted by atomic mass is 16.5. The summed E-state index contributed by atoms with van der Waals surface area (Å²) in [6, 6.07) is 15.0. The molecule has 0 unspecified atom stereocenters. The number of nitrogens with one attached hydrogen (secondary N) is 2. The summed E-state index contributed by atoms with van der Waals surface area (Å²) in [5.41, 5.74) is 2.67. The molecule has 0 amide bonds. The van der Waals surface area contributed by atoms with E-state index in [0.717, 1.165) is 18.6 Å². The number of ether oxygens (including phenoxy) is 1. The molecule has 0 spiro atoms. The van der Waals surface area contributed by atoms with E-state index >= 15 is 0 Å². The molecule has 7 nitrogen and oxygen atoms in total. The van der Waals surface area contributed by atoms with Crippen LogP contribution < -0.4 is 10.6 Å². The monoisotopic (exact) mass is 354 g/mol. The van der Waals surface area contributed by atoms with Crippen molar-refractivity contribution >= 4 is 35.0 Å². The lowest BCUT2D eigenvalue weighted by Gasteiger charge is -2.08. The molecule has 0 atom stereocenters. The molecular weight excluding hydrogens is 332 g/mol. The minimum absolute atomic E-state index is 0.307. The third-order valence-corrected chi connectivity index (χ3v) is 3.32. The van der Waals surface area contributed by atoms with E-state index in [1.807, 2.05) is 37.3 Å². The van der Waals surface area contributed by atoms with Crippen molar-refractivity contribution in [2.45, 2.75) is 6.92 Å². The molecule has 0 fully saturated rings. The van der Waals surface area contributed by atoms with Gasteiger partial charge in [-0.3, -0.25) is 15.1 Å². The lowest BCUT2D eigenvalue weighted by Crippen LogP contribution is -2.21. The number of anilines is 2. The van der Waals surface area contributed by atoms with Gasteiger partial charge in [0.05, 0.1) is 0 Å². The highest BCUT2D eigenvalue weighted by molar-refractivity contribution is 6.02. The Labute approximate surface area is 152 Å². The lowest BCUT2D eigenvalue weighted by atomic mass is 10.2. The van der Waals surface area contributed by atoms with Crippen molar-refractivity contribution in [2.24, 2.45) is 4.99 Å². The number of para-hydroxylation sites is 1. The molecule has 136 valence electrons. The number of nitrogens with zero attached hydrogens (tertiary/aromatic N) is 2. The van der Waals surface area contributed by atoms with Gasteiger partial charge in [0.15, 0.2) is 5.58 Å². The van der Waals surface area contributed by atoms with E-state index in [1.54, 1.807) is 32.4 Å². The highest BCUT2D eigenvalue weighted by Gasteiger charge is 2.08. The van der Waals surface area contributed by atoms with E-state index in [-0.39, 0.29) is 0 Å². The maximum absolute atomic E-state index is 10.8. The first-order valence-corrected chi connectivity index (χ1v) is 8.10. The molecule has 3 aromatic rings. The van der Waals surface area contributed by atoms with Crippen LogP contribution in [0.4, 0.5) is 11.7 Å². The zero-order chi connectivity index (χ0) is 18.8. The average Bonchev–Trinajstić information content (AvgIpc) is 3.09. The fraction of sp³-hybridized carbons (Fsp3) is 0.211. The number of methoxy groups -OCH3 is 1. The smallest absolute Gasteiger partial charge is 0.302 e. The van der Waals surface area contributed by atoms with Crippen LogP contribution in [-0.2, 0) is 4.74 Å².